The molecule has 1 aromatic carbocycles. The number of nitrogens with zero attached hydrogens (tertiary/aromatic N) is 3. The lowest BCUT2D eigenvalue weighted by molar-refractivity contribution is -0.394. The van der Waals surface area contributed by atoms with Crippen LogP contribution in [0, 0.1) is 20.2 Å². The highest BCUT2D eigenvalue weighted by Gasteiger charge is 2.24. The van der Waals surface area contributed by atoms with Crippen LogP contribution in [-0.2, 0) is 0 Å². The van der Waals surface area contributed by atoms with Gasteiger partial charge in [-0.15, -0.1) is 0 Å². The van der Waals surface area contributed by atoms with Gasteiger partial charge in [0.05, 0.1) is 15.9 Å². The topological polar surface area (TPSA) is 116 Å². The minimum Gasteiger partial charge on any atom is -0.294 e. The first-order valence-electron chi connectivity index (χ1n) is 5.81. The molecule has 0 aliphatic heterocycles. The number of benzene rings is 1. The van der Waals surface area contributed by atoms with Gasteiger partial charge < -0.3 is 0 Å². The quantitative estimate of drug-likeness (QED) is 0.485. The van der Waals surface area contributed by atoms with Gasteiger partial charge in [0, 0.05) is 11.1 Å². The Morgan fingerprint density at radius 3 is 2.38 bits per heavy atom. The molecular weight excluding hydrogens is 278 g/mol. The second-order valence-corrected chi connectivity index (χ2v) is 4.18. The third kappa shape index (κ3) is 2.73. The van der Waals surface area contributed by atoms with Crippen LogP contribution in [0.2, 0.25) is 0 Å². The van der Waals surface area contributed by atoms with Gasteiger partial charge in [-0.3, -0.25) is 25.0 Å². The Morgan fingerprint density at radius 1 is 1.14 bits per heavy atom. The average molecular weight is 287 g/mol. The highest BCUT2D eigenvalue weighted by molar-refractivity contribution is 6.01. The Hall–Kier alpha value is -3.16. The largest absolute Gasteiger partial charge is 0.302 e. The lowest BCUT2D eigenvalue weighted by atomic mass is 10.00. The number of Topliss-reactive ketones (excluding diaryl/α,β-unsaturated/α-hetero) is 1. The maximum atomic E-state index is 11.6. The zero-order chi connectivity index (χ0) is 15.6. The summed E-state index contributed by atoms with van der Waals surface area (Å²) >= 11 is 0. The fraction of sp³-hybridized carbons (Fsp3) is 0.0769. The second-order valence-electron chi connectivity index (χ2n) is 4.18. The Kier molecular flexibility index (Phi) is 3.70. The number of rotatable bonds is 4. The summed E-state index contributed by atoms with van der Waals surface area (Å²) in [4.78, 5) is 35.7. The van der Waals surface area contributed by atoms with Gasteiger partial charge in [0.1, 0.15) is 11.9 Å². The Morgan fingerprint density at radius 2 is 1.81 bits per heavy atom. The van der Waals surface area contributed by atoms with Gasteiger partial charge in [-0.05, 0) is 6.92 Å². The molecule has 2 aromatic rings. The van der Waals surface area contributed by atoms with Gasteiger partial charge in [-0.25, -0.2) is 4.98 Å². The molecule has 0 amide bonds. The zero-order valence-electron chi connectivity index (χ0n) is 10.8. The highest BCUT2D eigenvalue weighted by atomic mass is 16.6. The number of carbonyl (C=O) groups is 1. The number of aromatic nitrogens is 1. The van der Waals surface area contributed by atoms with E-state index < -0.39 is 21.2 Å². The zero-order valence-corrected chi connectivity index (χ0v) is 10.8. The molecule has 0 saturated carbocycles. The van der Waals surface area contributed by atoms with Crippen molar-refractivity contribution < 1.29 is 14.6 Å². The number of ketones is 1. The molecule has 0 radical (unpaired) electrons. The molecule has 21 heavy (non-hydrogen) atoms. The van der Waals surface area contributed by atoms with Crippen LogP contribution in [0.15, 0.2) is 36.5 Å². The molecule has 0 spiro atoms. The third-order valence-corrected chi connectivity index (χ3v) is 2.82. The number of hydrogen-bond acceptors (Lipinski definition) is 6. The lowest BCUT2D eigenvalue weighted by Gasteiger charge is -2.06. The molecule has 0 aliphatic rings. The number of hydrogen-bond donors (Lipinski definition) is 0. The molecule has 8 heteroatoms. The van der Waals surface area contributed by atoms with Crippen molar-refractivity contribution in [1.29, 1.82) is 0 Å². The summed E-state index contributed by atoms with van der Waals surface area (Å²) in [5.74, 6) is -0.278. The van der Waals surface area contributed by atoms with E-state index in [4.69, 9.17) is 0 Å². The van der Waals surface area contributed by atoms with Crippen molar-refractivity contribution in [2.24, 2.45) is 0 Å². The molecule has 8 nitrogen and oxygen atoms in total. The summed E-state index contributed by atoms with van der Waals surface area (Å²) in [6.07, 6.45) is 0.930. The molecular formula is C13H9N3O5. The lowest BCUT2D eigenvalue weighted by Crippen LogP contribution is -2.01. The van der Waals surface area contributed by atoms with E-state index >= 15 is 0 Å². The van der Waals surface area contributed by atoms with Crippen LogP contribution in [0.25, 0.3) is 11.3 Å². The molecule has 0 aliphatic carbocycles. The van der Waals surface area contributed by atoms with E-state index in [1.807, 2.05) is 0 Å². The molecule has 0 unspecified atom stereocenters. The van der Waals surface area contributed by atoms with E-state index in [1.54, 1.807) is 12.1 Å². The molecule has 0 atom stereocenters. The summed E-state index contributed by atoms with van der Waals surface area (Å²) < 4.78 is 0. The molecule has 0 saturated heterocycles. The molecule has 2 rings (SSSR count). The van der Waals surface area contributed by atoms with Crippen molar-refractivity contribution in [3.8, 4) is 11.3 Å². The van der Waals surface area contributed by atoms with Gasteiger partial charge in [0.15, 0.2) is 5.78 Å². The first-order chi connectivity index (χ1) is 9.91. The third-order valence-electron chi connectivity index (χ3n) is 2.82. The first kappa shape index (κ1) is 14.3. The molecule has 1 aromatic heterocycles. The fourth-order valence-corrected chi connectivity index (χ4v) is 1.89. The minimum atomic E-state index is -0.763. The van der Waals surface area contributed by atoms with E-state index in [9.17, 15) is 25.0 Å². The van der Waals surface area contributed by atoms with Crippen molar-refractivity contribution in [3.63, 3.8) is 0 Å². The van der Waals surface area contributed by atoms with Crippen molar-refractivity contribution in [1.82, 2.24) is 4.98 Å². The summed E-state index contributed by atoms with van der Waals surface area (Å²) in [5, 5.41) is 21.8. The van der Waals surface area contributed by atoms with Gasteiger partial charge in [-0.1, -0.05) is 24.3 Å². The maximum absolute atomic E-state index is 11.6. The van der Waals surface area contributed by atoms with Gasteiger partial charge in [0.25, 0.3) is 5.69 Å². The van der Waals surface area contributed by atoms with Crippen molar-refractivity contribution in [2.45, 2.75) is 6.92 Å². The highest BCUT2D eigenvalue weighted by Crippen LogP contribution is 2.32. The first-order valence-corrected chi connectivity index (χ1v) is 5.81. The monoisotopic (exact) mass is 287 g/mol. The average Bonchev–Trinajstić information content (AvgIpc) is 2.46. The van der Waals surface area contributed by atoms with Crippen LogP contribution in [0.3, 0.4) is 0 Å². The second kappa shape index (κ2) is 5.45. The van der Waals surface area contributed by atoms with Crippen LogP contribution < -0.4 is 0 Å². The number of nitro groups is 2. The van der Waals surface area contributed by atoms with E-state index in [0.29, 0.717) is 0 Å². The Bertz CT molecular complexity index is 757. The predicted octanol–water partition coefficient (Wildman–Crippen LogP) is 2.77. The fourth-order valence-electron chi connectivity index (χ4n) is 1.89. The Balaban J connectivity index is 2.72. The number of pyridine rings is 1. The van der Waals surface area contributed by atoms with E-state index in [-0.39, 0.29) is 22.6 Å². The molecule has 106 valence electrons. The minimum absolute atomic E-state index is 0.0728. The van der Waals surface area contributed by atoms with Crippen LogP contribution in [0.1, 0.15) is 17.3 Å². The summed E-state index contributed by atoms with van der Waals surface area (Å²) in [6, 6.07) is 7.09. The predicted molar refractivity (Wildman–Crippen MR) is 73.0 cm³/mol. The van der Waals surface area contributed by atoms with Crippen molar-refractivity contribution in [2.75, 3.05) is 0 Å². The van der Waals surface area contributed by atoms with Crippen LogP contribution in [0.5, 0.6) is 0 Å². The smallest absolute Gasteiger partial charge is 0.294 e. The van der Waals surface area contributed by atoms with Gasteiger partial charge in [0.2, 0.25) is 0 Å². The Labute approximate surface area is 118 Å². The molecule has 0 fully saturated rings. The van der Waals surface area contributed by atoms with E-state index in [2.05, 4.69) is 4.98 Å². The van der Waals surface area contributed by atoms with E-state index in [0.717, 1.165) is 12.3 Å². The van der Waals surface area contributed by atoms with E-state index in [1.165, 1.54) is 19.1 Å². The molecule has 0 N–H and O–H groups in total. The standard InChI is InChI=1S/C13H9N3O5/c1-8(17)10-4-2-3-5-11(10)13-12(16(20)21)6-9(7-14-13)15(18)19/h2-7H,1H3. The summed E-state index contributed by atoms with van der Waals surface area (Å²) in [7, 11) is 0. The van der Waals surface area contributed by atoms with Crippen LogP contribution in [-0.4, -0.2) is 20.6 Å². The van der Waals surface area contributed by atoms with Crippen LogP contribution >= 0.6 is 0 Å². The van der Waals surface area contributed by atoms with Crippen molar-refractivity contribution in [3.05, 3.63) is 62.3 Å². The van der Waals surface area contributed by atoms with Gasteiger partial charge in [-0.2, -0.15) is 0 Å². The van der Waals surface area contributed by atoms with Crippen molar-refractivity contribution >= 4 is 17.2 Å². The number of carbonyl (C=O) groups excluding carboxylic acids is 1. The van der Waals surface area contributed by atoms with Gasteiger partial charge >= 0.3 is 5.69 Å². The SMILES string of the molecule is CC(=O)c1ccccc1-c1ncc([N+](=O)[O-])cc1[N+](=O)[O-]. The summed E-state index contributed by atoms with van der Waals surface area (Å²) in [6.45, 7) is 1.33. The normalized spacial score (nSPS) is 10.1. The van der Waals surface area contributed by atoms with Crippen LogP contribution in [0.4, 0.5) is 11.4 Å². The molecule has 1 heterocycles. The maximum Gasteiger partial charge on any atom is 0.302 e. The summed E-state index contributed by atoms with van der Waals surface area (Å²) in [5.41, 5.74) is -0.534. The molecule has 0 bridgehead atoms.